The average molecular weight is 284 g/mol. The fourth-order valence-electron chi connectivity index (χ4n) is 1.83. The van der Waals surface area contributed by atoms with Crippen molar-refractivity contribution in [3.8, 4) is 0 Å². The Hall–Kier alpha value is -0.830. The number of rotatable bonds is 3. The summed E-state index contributed by atoms with van der Waals surface area (Å²) in [6.45, 7) is 6.05. The number of aryl methyl sites for hydroxylation is 2. The molecule has 2 nitrogen and oxygen atoms in total. The predicted octanol–water partition coefficient (Wildman–Crippen LogP) is 3.44. The van der Waals surface area contributed by atoms with Crippen molar-refractivity contribution in [1.29, 1.82) is 0 Å². The highest BCUT2D eigenvalue weighted by Crippen LogP contribution is 2.25. The van der Waals surface area contributed by atoms with Crippen LogP contribution in [0.5, 0.6) is 0 Å². The first kappa shape index (κ1) is 13.2. The lowest BCUT2D eigenvalue weighted by Gasteiger charge is -2.23. The number of benzene rings is 1. The number of nitrogens with zero attached hydrogens (tertiary/aromatic N) is 1. The van der Waals surface area contributed by atoms with E-state index in [9.17, 15) is 4.79 Å². The van der Waals surface area contributed by atoms with Crippen LogP contribution in [0, 0.1) is 13.8 Å². The quantitative estimate of drug-likeness (QED) is 0.779. The molecule has 1 rings (SSSR count). The molecule has 1 amide bonds. The molecule has 0 saturated heterocycles. The minimum Gasteiger partial charge on any atom is -0.314 e. The van der Waals surface area contributed by atoms with Crippen LogP contribution in [0.4, 0.5) is 5.69 Å². The highest BCUT2D eigenvalue weighted by atomic mass is 79.9. The maximum absolute atomic E-state index is 12.1. The summed E-state index contributed by atoms with van der Waals surface area (Å²) in [5, 5.41) is 0. The van der Waals surface area contributed by atoms with Crippen LogP contribution >= 0.6 is 15.9 Å². The Morgan fingerprint density at radius 1 is 1.38 bits per heavy atom. The standard InChI is InChI=1S/C13H18BrNO/c1-5-11(14)13(16)15(4)12-9(2)7-6-8-10(12)3/h6-8,11H,5H2,1-4H3/t11-/m1/s1. The second kappa shape index (κ2) is 5.48. The molecule has 1 atom stereocenters. The largest absolute Gasteiger partial charge is 0.314 e. The first-order valence-corrected chi connectivity index (χ1v) is 6.38. The van der Waals surface area contributed by atoms with Crippen molar-refractivity contribution < 1.29 is 4.79 Å². The molecule has 0 radical (unpaired) electrons. The van der Waals surface area contributed by atoms with Gasteiger partial charge >= 0.3 is 0 Å². The van der Waals surface area contributed by atoms with Crippen molar-refractivity contribution in [2.75, 3.05) is 11.9 Å². The van der Waals surface area contributed by atoms with Gasteiger partial charge in [-0.2, -0.15) is 0 Å². The van der Waals surface area contributed by atoms with Crippen molar-refractivity contribution in [1.82, 2.24) is 0 Å². The van der Waals surface area contributed by atoms with Gasteiger partial charge in [0.1, 0.15) is 0 Å². The number of hydrogen-bond donors (Lipinski definition) is 0. The van der Waals surface area contributed by atoms with E-state index in [0.29, 0.717) is 0 Å². The Bertz CT molecular complexity index is 369. The van der Waals surface area contributed by atoms with E-state index in [4.69, 9.17) is 0 Å². The number of alkyl halides is 1. The fourth-order valence-corrected chi connectivity index (χ4v) is 2.14. The summed E-state index contributed by atoms with van der Waals surface area (Å²) in [4.78, 5) is 13.7. The van der Waals surface area contributed by atoms with Gasteiger partial charge in [0.2, 0.25) is 5.91 Å². The average Bonchev–Trinajstić information content (AvgIpc) is 2.26. The monoisotopic (exact) mass is 283 g/mol. The van der Waals surface area contributed by atoms with Gasteiger partial charge in [-0.05, 0) is 31.4 Å². The van der Waals surface area contributed by atoms with Crippen LogP contribution in [0.2, 0.25) is 0 Å². The Kier molecular flexibility index (Phi) is 4.54. The topological polar surface area (TPSA) is 20.3 Å². The maximum atomic E-state index is 12.1. The lowest BCUT2D eigenvalue weighted by molar-refractivity contribution is -0.117. The number of halogens is 1. The Labute approximate surface area is 106 Å². The second-order valence-corrected chi connectivity index (χ2v) is 5.12. The molecular weight excluding hydrogens is 266 g/mol. The molecule has 88 valence electrons. The highest BCUT2D eigenvalue weighted by molar-refractivity contribution is 9.10. The molecular formula is C13H18BrNO. The summed E-state index contributed by atoms with van der Waals surface area (Å²) in [5.41, 5.74) is 3.28. The normalized spacial score (nSPS) is 12.3. The van der Waals surface area contributed by atoms with E-state index in [0.717, 1.165) is 23.2 Å². The predicted molar refractivity (Wildman–Crippen MR) is 72.3 cm³/mol. The number of para-hydroxylation sites is 1. The van der Waals surface area contributed by atoms with E-state index < -0.39 is 0 Å². The van der Waals surface area contributed by atoms with Gasteiger partial charge in [-0.1, -0.05) is 41.1 Å². The maximum Gasteiger partial charge on any atom is 0.240 e. The van der Waals surface area contributed by atoms with Crippen LogP contribution in [0.25, 0.3) is 0 Å². The first-order valence-electron chi connectivity index (χ1n) is 5.46. The lowest BCUT2D eigenvalue weighted by atomic mass is 10.1. The van der Waals surface area contributed by atoms with Crippen molar-refractivity contribution in [3.05, 3.63) is 29.3 Å². The molecule has 1 aromatic carbocycles. The molecule has 0 unspecified atom stereocenters. The Morgan fingerprint density at radius 3 is 2.31 bits per heavy atom. The molecule has 0 saturated carbocycles. The third kappa shape index (κ3) is 2.64. The van der Waals surface area contributed by atoms with E-state index in [-0.39, 0.29) is 10.7 Å². The van der Waals surface area contributed by atoms with Crippen LogP contribution < -0.4 is 4.90 Å². The van der Waals surface area contributed by atoms with Gasteiger partial charge in [-0.15, -0.1) is 0 Å². The summed E-state index contributed by atoms with van der Waals surface area (Å²) >= 11 is 3.40. The van der Waals surface area contributed by atoms with E-state index in [1.54, 1.807) is 4.90 Å². The van der Waals surface area contributed by atoms with Crippen molar-refractivity contribution in [2.45, 2.75) is 32.0 Å². The number of amides is 1. The number of hydrogen-bond acceptors (Lipinski definition) is 1. The fraction of sp³-hybridized carbons (Fsp3) is 0.462. The molecule has 0 spiro atoms. The van der Waals surface area contributed by atoms with E-state index in [1.807, 2.05) is 46.0 Å². The van der Waals surface area contributed by atoms with Gasteiger partial charge in [-0.3, -0.25) is 4.79 Å². The second-order valence-electron chi connectivity index (χ2n) is 4.01. The van der Waals surface area contributed by atoms with Crippen LogP contribution in [-0.4, -0.2) is 17.8 Å². The minimum absolute atomic E-state index is 0.100. The summed E-state index contributed by atoms with van der Waals surface area (Å²) in [7, 11) is 1.83. The Balaban J connectivity index is 3.05. The summed E-state index contributed by atoms with van der Waals surface area (Å²) in [5.74, 6) is 0.111. The smallest absolute Gasteiger partial charge is 0.240 e. The van der Waals surface area contributed by atoms with E-state index in [1.165, 1.54) is 0 Å². The zero-order chi connectivity index (χ0) is 12.3. The van der Waals surface area contributed by atoms with Crippen LogP contribution in [-0.2, 0) is 4.79 Å². The zero-order valence-corrected chi connectivity index (χ0v) is 11.8. The molecule has 0 aliphatic carbocycles. The molecule has 0 N–H and O–H groups in total. The van der Waals surface area contributed by atoms with Gasteiger partial charge in [0.05, 0.1) is 4.83 Å². The van der Waals surface area contributed by atoms with Crippen LogP contribution in [0.3, 0.4) is 0 Å². The molecule has 0 heterocycles. The van der Waals surface area contributed by atoms with E-state index >= 15 is 0 Å². The number of carbonyl (C=O) groups excluding carboxylic acids is 1. The number of anilines is 1. The molecule has 0 bridgehead atoms. The van der Waals surface area contributed by atoms with E-state index in [2.05, 4.69) is 15.9 Å². The molecule has 1 aromatic rings. The van der Waals surface area contributed by atoms with Gasteiger partial charge in [0, 0.05) is 12.7 Å². The number of carbonyl (C=O) groups is 1. The third-order valence-corrected chi connectivity index (χ3v) is 3.77. The third-order valence-electron chi connectivity index (χ3n) is 2.73. The molecule has 16 heavy (non-hydrogen) atoms. The van der Waals surface area contributed by atoms with Gasteiger partial charge in [0.25, 0.3) is 0 Å². The molecule has 0 aromatic heterocycles. The van der Waals surface area contributed by atoms with Gasteiger partial charge in [0.15, 0.2) is 0 Å². The summed E-state index contributed by atoms with van der Waals surface area (Å²) in [6.07, 6.45) is 0.800. The first-order chi connectivity index (χ1) is 7.49. The summed E-state index contributed by atoms with van der Waals surface area (Å²) in [6, 6.07) is 6.07. The minimum atomic E-state index is -0.100. The Morgan fingerprint density at radius 2 is 1.88 bits per heavy atom. The molecule has 0 aliphatic heterocycles. The van der Waals surface area contributed by atoms with Crippen molar-refractivity contribution >= 4 is 27.5 Å². The van der Waals surface area contributed by atoms with Gasteiger partial charge < -0.3 is 4.90 Å². The van der Waals surface area contributed by atoms with Crippen molar-refractivity contribution in [3.63, 3.8) is 0 Å². The SMILES string of the molecule is CC[C@@H](Br)C(=O)N(C)c1c(C)cccc1C. The van der Waals surface area contributed by atoms with Gasteiger partial charge in [-0.25, -0.2) is 0 Å². The summed E-state index contributed by atoms with van der Waals surface area (Å²) < 4.78 is 0. The van der Waals surface area contributed by atoms with Crippen molar-refractivity contribution in [2.24, 2.45) is 0 Å². The van der Waals surface area contributed by atoms with Crippen LogP contribution in [0.15, 0.2) is 18.2 Å². The lowest BCUT2D eigenvalue weighted by Crippen LogP contribution is -2.33. The zero-order valence-electron chi connectivity index (χ0n) is 10.2. The molecule has 3 heteroatoms. The molecule has 0 aliphatic rings. The van der Waals surface area contributed by atoms with Crippen LogP contribution in [0.1, 0.15) is 24.5 Å². The highest BCUT2D eigenvalue weighted by Gasteiger charge is 2.20. The molecule has 0 fully saturated rings.